The van der Waals surface area contributed by atoms with E-state index in [1.807, 2.05) is 25.3 Å². The molecule has 3 aromatic heterocycles. The van der Waals surface area contributed by atoms with Gasteiger partial charge < -0.3 is 148 Å². The molecule has 8 aliphatic rings. The van der Waals surface area contributed by atoms with Gasteiger partial charge in [-0.05, 0) is 105 Å². The second-order valence-electron chi connectivity index (χ2n) is 25.9. The fraction of sp³-hybridized carbons (Fsp3) is 0.683. The lowest BCUT2D eigenvalue weighted by Gasteiger charge is -2.60. The summed E-state index contributed by atoms with van der Waals surface area (Å²) in [6.45, 7) is 3.35. The number of allylic oxidation sites excluding steroid dienone is 1. The third-order valence-corrected chi connectivity index (χ3v) is 19.7. The molecule has 5 heterocycles. The Balaban J connectivity index is 0.000000217. The maximum atomic E-state index is 12.4. The minimum Gasteiger partial charge on any atom is -0.480 e. The molecule has 2 saturated heterocycles. The molecular formula is C60H94N7O32P. The Hall–Kier alpha value is -5.68. The van der Waals surface area contributed by atoms with E-state index in [0.717, 1.165) is 37.2 Å². The quantitative estimate of drug-likeness (QED) is 0.0729. The number of imidazole rings is 1. The number of carboxylic acid groups (broad SMARTS) is 2. The van der Waals surface area contributed by atoms with Crippen LogP contribution in [0.4, 0.5) is 0 Å². The number of nitrogens with zero attached hydrogens (tertiary/aromatic N) is 4. The van der Waals surface area contributed by atoms with Gasteiger partial charge in [-0.1, -0.05) is 37.6 Å². The summed E-state index contributed by atoms with van der Waals surface area (Å²) in [5.41, 5.74) is 4.88. The van der Waals surface area contributed by atoms with E-state index in [2.05, 4.69) is 45.1 Å². The highest BCUT2D eigenvalue weighted by Crippen LogP contribution is 2.67. The van der Waals surface area contributed by atoms with Crippen LogP contribution in [0.5, 0.6) is 0 Å². The molecule has 4 aromatic rings. The molecule has 7 fully saturated rings. The van der Waals surface area contributed by atoms with Gasteiger partial charge in [0.05, 0.1) is 25.4 Å². The Morgan fingerprint density at radius 2 is 1.25 bits per heavy atom. The van der Waals surface area contributed by atoms with E-state index >= 15 is 0 Å². The average molecular weight is 1460 g/mol. The van der Waals surface area contributed by atoms with Crippen LogP contribution in [0.3, 0.4) is 0 Å². The SMILES string of the molecule is C[C@]12CCC(=O)C=C1CC[C@@H]1[C@@H]2[C@@H](O)C[C@@]2(C)[C@H]1CC[C@]2(O)C(=O)CO.NC(CCO)C(=O)O.O=C(O)C1CCCN1O.O=P(O)(O)O.O=c1[nH]cnc2c1ncn2[C@@H]1O[C@H](CO)[C@@H](O)[C@H]1O.OC1C(O)C(O)C(O)C(O)C1O.OC1C(O)C(O)C(O)C(O)C1O.c1ccc2[nH]ccc2c1. The Labute approximate surface area is 568 Å². The second kappa shape index (κ2) is 36.2. The number of carbonyl (C=O) groups is 4. The van der Waals surface area contributed by atoms with Crippen molar-refractivity contribution in [1.29, 1.82) is 0 Å². The van der Waals surface area contributed by atoms with E-state index in [-0.39, 0.29) is 53.1 Å². The third kappa shape index (κ3) is 19.6. The van der Waals surface area contributed by atoms with Gasteiger partial charge in [-0.2, -0.15) is 5.06 Å². The van der Waals surface area contributed by atoms with Gasteiger partial charge in [0.15, 0.2) is 29.0 Å². The molecule has 13 atom stereocenters. The second-order valence-corrected chi connectivity index (χ2v) is 27.0. The van der Waals surface area contributed by atoms with Crippen molar-refractivity contribution in [2.24, 2.45) is 34.3 Å². The molecule has 0 spiro atoms. The molecule has 566 valence electrons. The maximum absolute atomic E-state index is 12.4. The first-order chi connectivity index (χ1) is 46.6. The minimum atomic E-state index is -4.64. The van der Waals surface area contributed by atoms with E-state index in [1.54, 1.807) is 6.08 Å². The normalized spacial score (nSPS) is 37.5. The number of carbonyl (C=O) groups excluding carboxylic acids is 2. The van der Waals surface area contributed by atoms with Gasteiger partial charge in [0, 0.05) is 36.7 Å². The Morgan fingerprint density at radius 3 is 1.68 bits per heavy atom. The number of carboxylic acids is 2. The number of ketones is 2. The number of aromatic nitrogens is 5. The van der Waals surface area contributed by atoms with E-state index in [1.165, 1.54) is 33.7 Å². The number of ether oxygens (including phenoxy) is 1. The number of fused-ring (bicyclic) bond motifs is 7. The van der Waals surface area contributed by atoms with Crippen LogP contribution in [0.15, 0.2) is 65.6 Å². The lowest BCUT2D eigenvalue weighted by atomic mass is 9.45. The van der Waals surface area contributed by atoms with Crippen molar-refractivity contribution in [3.8, 4) is 0 Å². The number of benzene rings is 1. The summed E-state index contributed by atoms with van der Waals surface area (Å²) >= 11 is 0. The first kappa shape index (κ1) is 85.0. The van der Waals surface area contributed by atoms with Gasteiger partial charge in [-0.15, -0.1) is 0 Å². The molecule has 39 nitrogen and oxygen atoms in total. The predicted molar refractivity (Wildman–Crippen MR) is 337 cm³/mol. The maximum Gasteiger partial charge on any atom is 0.466 e. The van der Waals surface area contributed by atoms with Crippen molar-refractivity contribution in [2.45, 2.75) is 200 Å². The highest BCUT2D eigenvalue weighted by molar-refractivity contribution is 7.45. The average Bonchev–Trinajstić information content (AvgIpc) is 1.36. The minimum absolute atomic E-state index is 0.0697. The highest BCUT2D eigenvalue weighted by Gasteiger charge is 2.68. The van der Waals surface area contributed by atoms with Gasteiger partial charge in [-0.25, -0.2) is 14.5 Å². The van der Waals surface area contributed by atoms with Crippen LogP contribution in [0.25, 0.3) is 22.1 Å². The van der Waals surface area contributed by atoms with E-state index in [9.17, 15) is 49.5 Å². The Kier molecular flexibility index (Phi) is 30.7. The number of aliphatic hydroxyl groups is 19. The van der Waals surface area contributed by atoms with Gasteiger partial charge in [0.25, 0.3) is 5.56 Å². The lowest BCUT2D eigenvalue weighted by molar-refractivity contribution is -0.223. The van der Waals surface area contributed by atoms with Crippen molar-refractivity contribution >= 4 is 53.4 Å². The number of hydrogen-bond donors (Lipinski definition) is 28. The number of aliphatic carboxylic acids is 2. The van der Waals surface area contributed by atoms with Crippen LogP contribution in [-0.2, 0) is 28.5 Å². The number of Topliss-reactive ketones (excluding diaryl/α,β-unsaturated/α-hetero) is 1. The molecule has 100 heavy (non-hydrogen) atoms. The summed E-state index contributed by atoms with van der Waals surface area (Å²) in [6.07, 6.45) is -12.3. The summed E-state index contributed by atoms with van der Waals surface area (Å²) < 4.78 is 15.6. The first-order valence-corrected chi connectivity index (χ1v) is 33.2. The van der Waals surface area contributed by atoms with E-state index in [4.69, 9.17) is 117 Å². The standard InChI is InChI=1S/C21H30O5.C10H12N4O5.C8H7N.2C6H12O6.C5H9NO3.C4H9NO3.H3O4P/c1-19-7-5-13(23)9-12(19)3-4-14-15-6-8-21(26,17(25)11-22)20(15,2)10-16(24)18(14)19;15-1-4-6(16)7(17)10(19-4)14-3-13-5-8(14)11-2-12-9(5)18;1-2-4-8-7(3-1)5-6-9-8;2*7-1-2(8)4(10)6(12)5(11)3(1)9;7-5(8)4-2-1-3-6(4)9;5-3(1-2-6)4(7)8;1-5(2,3)4/h9,14-16,18,22,24,26H,3-8,10-11H2,1-2H3;2-4,6-7,10,15-17H,1H2,(H,11,12,18);1-6,9H;2*1-12H;4,9H,1-3H2,(H,7,8);3,6H,1-2,5H2,(H,7,8);(H3,1,2,3,4)/t14-,15-,16-,18+,19-,20-,21-;4-,6-,7-,10-;;;;;;/m01....../s1. The Morgan fingerprint density at radius 1 is 0.720 bits per heavy atom. The largest absolute Gasteiger partial charge is 0.480 e. The molecule has 12 rings (SSSR count). The predicted octanol–water partition coefficient (Wildman–Crippen LogP) is -8.21. The van der Waals surface area contributed by atoms with Crippen molar-refractivity contribution in [2.75, 3.05) is 26.4 Å². The summed E-state index contributed by atoms with van der Waals surface area (Å²) in [6, 6.07) is 8.70. The molecule has 1 aromatic carbocycles. The number of aliphatic hydroxyl groups excluding tert-OH is 18. The molecular weight excluding hydrogens is 1360 g/mol. The van der Waals surface area contributed by atoms with Gasteiger partial charge in [0.1, 0.15) is 116 Å². The van der Waals surface area contributed by atoms with Gasteiger partial charge in [-0.3, -0.25) is 28.5 Å². The number of hydrogen-bond acceptors (Lipinski definition) is 31. The number of nitrogens with two attached hydrogens (primary N) is 1. The molecule has 0 bridgehead atoms. The van der Waals surface area contributed by atoms with Crippen LogP contribution in [0.2, 0.25) is 0 Å². The van der Waals surface area contributed by atoms with Crippen LogP contribution in [-0.4, -0.2) is 322 Å². The zero-order valence-electron chi connectivity index (χ0n) is 54.1. The molecule has 0 amide bonds. The summed E-state index contributed by atoms with van der Waals surface area (Å²) in [7, 11) is -4.64. The number of hydroxylamine groups is 2. The van der Waals surface area contributed by atoms with Crippen LogP contribution < -0.4 is 11.3 Å². The fourth-order valence-electron chi connectivity index (χ4n) is 14.1. The molecule has 40 heteroatoms. The molecule has 6 aliphatic carbocycles. The van der Waals surface area contributed by atoms with Crippen molar-refractivity contribution in [1.82, 2.24) is 29.6 Å². The van der Waals surface area contributed by atoms with Crippen LogP contribution >= 0.6 is 7.82 Å². The summed E-state index contributed by atoms with van der Waals surface area (Å²) in [5.74, 6) is -1.87. The summed E-state index contributed by atoms with van der Waals surface area (Å²) in [4.78, 5) is 90.8. The Bertz CT molecular complexity index is 3260. The zero-order chi connectivity index (χ0) is 75.4. The van der Waals surface area contributed by atoms with Crippen LogP contribution in [0, 0.1) is 28.6 Å². The molecule has 2 aliphatic heterocycles. The van der Waals surface area contributed by atoms with Gasteiger partial charge >= 0.3 is 19.8 Å². The van der Waals surface area contributed by atoms with Crippen LogP contribution in [0.1, 0.15) is 84.3 Å². The number of aromatic amines is 2. The monoisotopic (exact) mass is 1460 g/mol. The van der Waals surface area contributed by atoms with E-state index in [0.29, 0.717) is 32.2 Å². The summed E-state index contributed by atoms with van der Waals surface area (Å²) in [5, 5.41) is 204. The smallest absolute Gasteiger partial charge is 0.466 e. The molecule has 29 N–H and O–H groups in total. The molecule has 2 unspecified atom stereocenters. The number of rotatable bonds is 8. The highest BCUT2D eigenvalue weighted by atomic mass is 31.2. The van der Waals surface area contributed by atoms with Crippen molar-refractivity contribution < 1.29 is 156 Å². The zero-order valence-corrected chi connectivity index (χ0v) is 55.0. The first-order valence-electron chi connectivity index (χ1n) is 31.7. The number of nitrogens with one attached hydrogen (secondary N) is 2. The molecule has 0 radical (unpaired) electrons. The fourth-order valence-corrected chi connectivity index (χ4v) is 14.1. The number of para-hydroxylation sites is 1. The topological polar surface area (TPSA) is 709 Å². The van der Waals surface area contributed by atoms with Crippen molar-refractivity contribution in [3.63, 3.8) is 0 Å². The van der Waals surface area contributed by atoms with E-state index < -0.39 is 171 Å². The lowest BCUT2D eigenvalue weighted by Crippen LogP contribution is -2.63. The number of phosphoric acid groups is 1. The third-order valence-electron chi connectivity index (χ3n) is 19.7. The molecule has 5 saturated carbocycles. The van der Waals surface area contributed by atoms with Crippen molar-refractivity contribution in [3.05, 3.63) is 71.2 Å². The number of H-pyrrole nitrogens is 2. The van der Waals surface area contributed by atoms with Gasteiger partial charge in [0.2, 0.25) is 0 Å².